The number of oxazole rings is 1. The average molecular weight is 233 g/mol. The fourth-order valence-electron chi connectivity index (χ4n) is 2.04. The summed E-state index contributed by atoms with van der Waals surface area (Å²) in [7, 11) is 0. The van der Waals surface area contributed by atoms with E-state index in [-0.39, 0.29) is 17.6 Å². The SMILES string of the molecule is O=C(O)c1ccc2oc(C3CC(O)C3)nc2c1. The molecule has 3 rings (SSSR count). The van der Waals surface area contributed by atoms with Crippen LogP contribution in [-0.4, -0.2) is 27.3 Å². The predicted octanol–water partition coefficient (Wildman–Crippen LogP) is 1.76. The molecule has 88 valence electrons. The van der Waals surface area contributed by atoms with Crippen LogP contribution in [0.4, 0.5) is 0 Å². The van der Waals surface area contributed by atoms with Gasteiger partial charge in [0.15, 0.2) is 11.5 Å². The van der Waals surface area contributed by atoms with E-state index in [9.17, 15) is 9.90 Å². The molecule has 1 aliphatic carbocycles. The zero-order valence-corrected chi connectivity index (χ0v) is 8.96. The summed E-state index contributed by atoms with van der Waals surface area (Å²) in [4.78, 5) is 15.1. The number of aromatic nitrogens is 1. The summed E-state index contributed by atoms with van der Waals surface area (Å²) < 4.78 is 5.54. The third-order valence-electron chi connectivity index (χ3n) is 3.11. The maximum Gasteiger partial charge on any atom is 0.335 e. The Morgan fingerprint density at radius 2 is 2.18 bits per heavy atom. The molecule has 5 nitrogen and oxygen atoms in total. The number of carbonyl (C=O) groups is 1. The van der Waals surface area contributed by atoms with E-state index < -0.39 is 5.97 Å². The molecule has 17 heavy (non-hydrogen) atoms. The van der Waals surface area contributed by atoms with Crippen molar-refractivity contribution >= 4 is 17.1 Å². The van der Waals surface area contributed by atoms with E-state index in [4.69, 9.17) is 9.52 Å². The Kier molecular flexibility index (Phi) is 2.16. The second-order valence-electron chi connectivity index (χ2n) is 4.36. The fraction of sp³-hybridized carbons (Fsp3) is 0.333. The molecular formula is C12H11NO4. The van der Waals surface area contributed by atoms with Gasteiger partial charge >= 0.3 is 5.97 Å². The van der Waals surface area contributed by atoms with Gasteiger partial charge in [-0.2, -0.15) is 0 Å². The Morgan fingerprint density at radius 1 is 1.41 bits per heavy atom. The molecule has 0 atom stereocenters. The lowest BCUT2D eigenvalue weighted by atomic mass is 9.82. The molecule has 0 aliphatic heterocycles. The molecule has 0 radical (unpaired) electrons. The molecule has 1 fully saturated rings. The molecule has 1 heterocycles. The molecule has 5 heteroatoms. The molecule has 0 unspecified atom stereocenters. The van der Waals surface area contributed by atoms with Crippen molar-refractivity contribution in [2.75, 3.05) is 0 Å². The number of carboxylic acids is 1. The molecule has 2 aromatic rings. The van der Waals surface area contributed by atoms with Gasteiger partial charge in [0.05, 0.1) is 11.7 Å². The third kappa shape index (κ3) is 1.68. The van der Waals surface area contributed by atoms with Crippen molar-refractivity contribution in [3.8, 4) is 0 Å². The molecule has 1 aliphatic rings. The number of fused-ring (bicyclic) bond motifs is 1. The number of benzene rings is 1. The average Bonchev–Trinajstić information content (AvgIpc) is 2.66. The van der Waals surface area contributed by atoms with Crippen LogP contribution in [0.15, 0.2) is 22.6 Å². The number of aromatic carboxylic acids is 1. The van der Waals surface area contributed by atoms with Crippen molar-refractivity contribution in [3.63, 3.8) is 0 Å². The van der Waals surface area contributed by atoms with Crippen LogP contribution in [0.1, 0.15) is 35.0 Å². The quantitative estimate of drug-likeness (QED) is 0.825. The smallest absolute Gasteiger partial charge is 0.335 e. The van der Waals surface area contributed by atoms with E-state index in [1.165, 1.54) is 12.1 Å². The Labute approximate surface area is 96.7 Å². The number of aliphatic hydroxyl groups excluding tert-OH is 1. The normalized spacial score (nSPS) is 23.6. The largest absolute Gasteiger partial charge is 0.478 e. The summed E-state index contributed by atoms with van der Waals surface area (Å²) in [5.74, 6) is -0.228. The van der Waals surface area contributed by atoms with Crippen molar-refractivity contribution in [2.24, 2.45) is 0 Å². The first-order valence-corrected chi connectivity index (χ1v) is 5.45. The fourth-order valence-corrected chi connectivity index (χ4v) is 2.04. The minimum Gasteiger partial charge on any atom is -0.478 e. The highest BCUT2D eigenvalue weighted by Gasteiger charge is 2.32. The number of nitrogens with zero attached hydrogens (tertiary/aromatic N) is 1. The second kappa shape index (κ2) is 3.56. The van der Waals surface area contributed by atoms with Gasteiger partial charge in [-0.25, -0.2) is 9.78 Å². The number of rotatable bonds is 2. The predicted molar refractivity (Wildman–Crippen MR) is 59.0 cm³/mol. The van der Waals surface area contributed by atoms with Gasteiger partial charge in [-0.3, -0.25) is 0 Å². The van der Waals surface area contributed by atoms with Gasteiger partial charge in [0.2, 0.25) is 0 Å². The van der Waals surface area contributed by atoms with E-state index in [0.717, 1.165) is 0 Å². The lowest BCUT2D eigenvalue weighted by molar-refractivity contribution is 0.0654. The summed E-state index contributed by atoms with van der Waals surface area (Å²) in [6.07, 6.45) is 1.07. The van der Waals surface area contributed by atoms with Crippen molar-refractivity contribution in [2.45, 2.75) is 24.9 Å². The van der Waals surface area contributed by atoms with Crippen LogP contribution in [0.25, 0.3) is 11.1 Å². The van der Waals surface area contributed by atoms with Gasteiger partial charge in [0, 0.05) is 5.92 Å². The Morgan fingerprint density at radius 3 is 2.82 bits per heavy atom. The van der Waals surface area contributed by atoms with E-state index >= 15 is 0 Å². The minimum atomic E-state index is -0.976. The van der Waals surface area contributed by atoms with Crippen molar-refractivity contribution in [1.29, 1.82) is 0 Å². The summed E-state index contributed by atoms with van der Waals surface area (Å²) in [5.41, 5.74) is 1.35. The van der Waals surface area contributed by atoms with Crippen molar-refractivity contribution in [1.82, 2.24) is 4.98 Å². The number of aliphatic hydroxyl groups is 1. The molecule has 0 saturated heterocycles. The van der Waals surface area contributed by atoms with E-state index in [2.05, 4.69) is 4.98 Å². The van der Waals surface area contributed by atoms with Crippen LogP contribution in [0.5, 0.6) is 0 Å². The van der Waals surface area contributed by atoms with Gasteiger partial charge in [0.25, 0.3) is 0 Å². The highest BCUT2D eigenvalue weighted by Crippen LogP contribution is 2.37. The number of hydrogen-bond donors (Lipinski definition) is 2. The van der Waals surface area contributed by atoms with Crippen LogP contribution in [0.3, 0.4) is 0 Å². The molecule has 1 saturated carbocycles. The molecule has 1 aromatic carbocycles. The first kappa shape index (κ1) is 10.3. The molecule has 0 bridgehead atoms. The first-order chi connectivity index (χ1) is 8.13. The topological polar surface area (TPSA) is 83.6 Å². The van der Waals surface area contributed by atoms with Crippen LogP contribution < -0.4 is 0 Å². The van der Waals surface area contributed by atoms with Gasteiger partial charge in [0.1, 0.15) is 5.52 Å². The first-order valence-electron chi connectivity index (χ1n) is 5.45. The monoisotopic (exact) mass is 233 g/mol. The Bertz CT molecular complexity index is 583. The van der Waals surface area contributed by atoms with Crippen LogP contribution in [0.2, 0.25) is 0 Å². The highest BCUT2D eigenvalue weighted by molar-refractivity contribution is 5.91. The standard InChI is InChI=1S/C12H11NO4/c14-8-3-7(4-8)11-13-9-5-6(12(15)16)1-2-10(9)17-11/h1-2,5,7-8,14H,3-4H2,(H,15,16). The Hall–Kier alpha value is -1.88. The molecule has 0 spiro atoms. The summed E-state index contributed by atoms with van der Waals surface area (Å²) in [5, 5.41) is 18.1. The van der Waals surface area contributed by atoms with Crippen LogP contribution >= 0.6 is 0 Å². The van der Waals surface area contributed by atoms with Crippen molar-refractivity contribution in [3.05, 3.63) is 29.7 Å². The van der Waals surface area contributed by atoms with Gasteiger partial charge < -0.3 is 14.6 Å². The maximum atomic E-state index is 10.8. The van der Waals surface area contributed by atoms with Crippen molar-refractivity contribution < 1.29 is 19.4 Å². The van der Waals surface area contributed by atoms with Gasteiger partial charge in [-0.05, 0) is 31.0 Å². The van der Waals surface area contributed by atoms with E-state index in [1.54, 1.807) is 6.07 Å². The lowest BCUT2D eigenvalue weighted by Gasteiger charge is -2.28. The maximum absolute atomic E-state index is 10.8. The summed E-state index contributed by atoms with van der Waals surface area (Å²) in [6, 6.07) is 4.61. The minimum absolute atomic E-state index is 0.158. The van der Waals surface area contributed by atoms with Gasteiger partial charge in [-0.15, -0.1) is 0 Å². The Balaban J connectivity index is 1.98. The zero-order chi connectivity index (χ0) is 12.0. The highest BCUT2D eigenvalue weighted by atomic mass is 16.4. The third-order valence-corrected chi connectivity index (χ3v) is 3.11. The van der Waals surface area contributed by atoms with Crippen LogP contribution in [-0.2, 0) is 0 Å². The molecule has 1 aromatic heterocycles. The van der Waals surface area contributed by atoms with Gasteiger partial charge in [-0.1, -0.05) is 0 Å². The second-order valence-corrected chi connectivity index (χ2v) is 4.36. The summed E-state index contributed by atoms with van der Waals surface area (Å²) in [6.45, 7) is 0. The van der Waals surface area contributed by atoms with Crippen LogP contribution in [0, 0.1) is 0 Å². The number of hydrogen-bond acceptors (Lipinski definition) is 4. The van der Waals surface area contributed by atoms with E-state index in [1.807, 2.05) is 0 Å². The summed E-state index contributed by atoms with van der Waals surface area (Å²) >= 11 is 0. The lowest BCUT2D eigenvalue weighted by Crippen LogP contribution is -2.26. The molecule has 2 N–H and O–H groups in total. The molecular weight excluding hydrogens is 222 g/mol. The molecule has 0 amide bonds. The number of carboxylic acid groups (broad SMARTS) is 1. The van der Waals surface area contributed by atoms with E-state index in [0.29, 0.717) is 29.8 Å². The zero-order valence-electron chi connectivity index (χ0n) is 8.96.